The molecular formula is C19H21NO4. The fourth-order valence-corrected chi connectivity index (χ4v) is 2.15. The average molecular weight is 327 g/mol. The number of rotatable bonds is 7. The summed E-state index contributed by atoms with van der Waals surface area (Å²) in [5.74, 6) is -0.869. The van der Waals surface area contributed by atoms with Crippen LogP contribution in [0.2, 0.25) is 0 Å². The van der Waals surface area contributed by atoms with Gasteiger partial charge in [-0.25, -0.2) is 4.79 Å². The van der Waals surface area contributed by atoms with E-state index in [1.807, 2.05) is 13.8 Å². The lowest BCUT2D eigenvalue weighted by atomic mass is 10.1. The molecule has 5 nitrogen and oxygen atoms in total. The van der Waals surface area contributed by atoms with Gasteiger partial charge < -0.3 is 15.2 Å². The van der Waals surface area contributed by atoms with Crippen molar-refractivity contribution < 1.29 is 19.4 Å². The normalized spacial score (nSPS) is 12.9. The minimum absolute atomic E-state index is 0.0964. The fourth-order valence-electron chi connectivity index (χ4n) is 2.15. The van der Waals surface area contributed by atoms with E-state index in [2.05, 4.69) is 5.32 Å². The van der Waals surface area contributed by atoms with Gasteiger partial charge in [-0.2, -0.15) is 0 Å². The molecule has 1 amide bonds. The zero-order chi connectivity index (χ0) is 17.5. The second kappa shape index (κ2) is 8.15. The van der Waals surface area contributed by atoms with Gasteiger partial charge in [0.25, 0.3) is 5.91 Å². The van der Waals surface area contributed by atoms with Crippen molar-refractivity contribution in [3.05, 3.63) is 65.7 Å². The maximum absolute atomic E-state index is 12.3. The number of nitrogens with one attached hydrogen (secondary N) is 1. The zero-order valence-electron chi connectivity index (χ0n) is 13.7. The predicted octanol–water partition coefficient (Wildman–Crippen LogP) is 3.42. The van der Waals surface area contributed by atoms with E-state index < -0.39 is 17.9 Å². The van der Waals surface area contributed by atoms with Crippen LogP contribution in [-0.4, -0.2) is 23.1 Å². The molecule has 2 aromatic carbocycles. The van der Waals surface area contributed by atoms with Gasteiger partial charge in [0.2, 0.25) is 0 Å². The number of benzene rings is 2. The Labute approximate surface area is 141 Å². The van der Waals surface area contributed by atoms with Crippen molar-refractivity contribution in [2.75, 3.05) is 0 Å². The molecule has 2 rings (SSSR count). The number of carboxylic acid groups (broad SMARTS) is 1. The Morgan fingerprint density at radius 3 is 2.25 bits per heavy atom. The molecule has 0 aliphatic carbocycles. The Bertz CT molecular complexity index is 682. The van der Waals surface area contributed by atoms with Crippen LogP contribution < -0.4 is 10.1 Å². The van der Waals surface area contributed by atoms with Crippen molar-refractivity contribution in [3.8, 4) is 5.75 Å². The molecule has 0 radical (unpaired) electrons. The summed E-state index contributed by atoms with van der Waals surface area (Å²) >= 11 is 0. The van der Waals surface area contributed by atoms with Crippen molar-refractivity contribution >= 4 is 11.9 Å². The first kappa shape index (κ1) is 17.5. The lowest BCUT2D eigenvalue weighted by Gasteiger charge is -2.16. The molecule has 0 aliphatic rings. The molecule has 0 aromatic heterocycles. The molecule has 2 atom stereocenters. The molecule has 1 unspecified atom stereocenters. The molecule has 0 saturated carbocycles. The maximum atomic E-state index is 12.3. The van der Waals surface area contributed by atoms with E-state index in [-0.39, 0.29) is 6.10 Å². The third-order valence-electron chi connectivity index (χ3n) is 3.68. The van der Waals surface area contributed by atoms with E-state index in [9.17, 15) is 14.7 Å². The van der Waals surface area contributed by atoms with E-state index in [1.54, 1.807) is 54.6 Å². The van der Waals surface area contributed by atoms with Crippen LogP contribution in [0.25, 0.3) is 0 Å². The lowest BCUT2D eigenvalue weighted by molar-refractivity contribution is -0.139. The first-order chi connectivity index (χ1) is 11.5. The highest BCUT2D eigenvalue weighted by Crippen LogP contribution is 2.17. The van der Waals surface area contributed by atoms with E-state index in [4.69, 9.17) is 4.74 Å². The number of aliphatic carboxylic acids is 1. The molecule has 0 aliphatic heterocycles. The highest BCUT2D eigenvalue weighted by molar-refractivity contribution is 5.96. The zero-order valence-corrected chi connectivity index (χ0v) is 13.7. The Morgan fingerprint density at radius 2 is 1.71 bits per heavy atom. The summed E-state index contributed by atoms with van der Waals surface area (Å²) in [6, 6.07) is 14.2. The molecule has 0 bridgehead atoms. The predicted molar refractivity (Wildman–Crippen MR) is 91.1 cm³/mol. The van der Waals surface area contributed by atoms with E-state index >= 15 is 0 Å². The second-order valence-corrected chi connectivity index (χ2v) is 5.52. The van der Waals surface area contributed by atoms with Crippen LogP contribution in [0.3, 0.4) is 0 Å². The minimum atomic E-state index is -1.11. The third kappa shape index (κ3) is 4.59. The number of ether oxygens (including phenoxy) is 1. The van der Waals surface area contributed by atoms with E-state index in [1.165, 1.54) is 0 Å². The molecule has 0 heterocycles. The molecule has 5 heteroatoms. The highest BCUT2D eigenvalue weighted by atomic mass is 16.5. The molecular weight excluding hydrogens is 306 g/mol. The molecule has 24 heavy (non-hydrogen) atoms. The standard InChI is InChI=1S/C19H21NO4/c1-3-13(2)24-16-11-9-15(10-12-16)18(21)20-17(19(22)23)14-7-5-4-6-8-14/h4-13,17H,3H2,1-2H3,(H,20,21)(H,22,23)/t13?,17-/m1/s1. The van der Waals surface area contributed by atoms with E-state index in [0.29, 0.717) is 16.9 Å². The van der Waals surface area contributed by atoms with Crippen LogP contribution in [0, 0.1) is 0 Å². The van der Waals surface area contributed by atoms with Gasteiger partial charge in [-0.15, -0.1) is 0 Å². The largest absolute Gasteiger partial charge is 0.491 e. The van der Waals surface area contributed by atoms with Crippen LogP contribution in [0.5, 0.6) is 5.75 Å². The second-order valence-electron chi connectivity index (χ2n) is 5.52. The van der Waals surface area contributed by atoms with Crippen LogP contribution in [0.15, 0.2) is 54.6 Å². The van der Waals surface area contributed by atoms with Crippen molar-refractivity contribution in [2.45, 2.75) is 32.4 Å². The van der Waals surface area contributed by atoms with Crippen LogP contribution in [0.1, 0.15) is 42.2 Å². The molecule has 126 valence electrons. The van der Waals surface area contributed by atoms with Crippen molar-refractivity contribution in [2.24, 2.45) is 0 Å². The number of carbonyl (C=O) groups excluding carboxylic acids is 1. The topological polar surface area (TPSA) is 75.6 Å². The van der Waals surface area contributed by atoms with Gasteiger partial charge in [0.05, 0.1) is 6.10 Å². The Hall–Kier alpha value is -2.82. The summed E-state index contributed by atoms with van der Waals surface area (Å²) in [6.07, 6.45) is 0.985. The summed E-state index contributed by atoms with van der Waals surface area (Å²) < 4.78 is 5.66. The summed E-state index contributed by atoms with van der Waals surface area (Å²) in [7, 11) is 0. The van der Waals surface area contributed by atoms with Crippen LogP contribution in [0.4, 0.5) is 0 Å². The molecule has 0 spiro atoms. The number of amides is 1. The van der Waals surface area contributed by atoms with Gasteiger partial charge in [-0.1, -0.05) is 37.3 Å². The van der Waals surface area contributed by atoms with Gasteiger partial charge in [0.15, 0.2) is 6.04 Å². The first-order valence-corrected chi connectivity index (χ1v) is 7.86. The van der Waals surface area contributed by atoms with Crippen LogP contribution >= 0.6 is 0 Å². The van der Waals surface area contributed by atoms with Gasteiger partial charge in [0.1, 0.15) is 5.75 Å². The van der Waals surface area contributed by atoms with Gasteiger partial charge >= 0.3 is 5.97 Å². The minimum Gasteiger partial charge on any atom is -0.491 e. The SMILES string of the molecule is CCC(C)Oc1ccc(C(=O)N[C@@H](C(=O)O)c2ccccc2)cc1. The third-order valence-corrected chi connectivity index (χ3v) is 3.68. The quantitative estimate of drug-likeness (QED) is 0.817. The molecule has 0 fully saturated rings. The van der Waals surface area contributed by atoms with Crippen molar-refractivity contribution in [3.63, 3.8) is 0 Å². The maximum Gasteiger partial charge on any atom is 0.330 e. The van der Waals surface area contributed by atoms with Crippen molar-refractivity contribution in [1.29, 1.82) is 0 Å². The number of hydrogen-bond acceptors (Lipinski definition) is 3. The number of carboxylic acids is 1. The van der Waals surface area contributed by atoms with Gasteiger partial charge in [-0.3, -0.25) is 4.79 Å². The monoisotopic (exact) mass is 327 g/mol. The fraction of sp³-hybridized carbons (Fsp3) is 0.263. The van der Waals surface area contributed by atoms with Crippen LogP contribution in [-0.2, 0) is 4.79 Å². The highest BCUT2D eigenvalue weighted by Gasteiger charge is 2.22. The smallest absolute Gasteiger partial charge is 0.330 e. The molecule has 2 N–H and O–H groups in total. The molecule has 0 saturated heterocycles. The van der Waals surface area contributed by atoms with Gasteiger partial charge in [-0.05, 0) is 43.2 Å². The Balaban J connectivity index is 2.09. The first-order valence-electron chi connectivity index (χ1n) is 7.86. The lowest BCUT2D eigenvalue weighted by Crippen LogP contribution is -2.33. The van der Waals surface area contributed by atoms with E-state index in [0.717, 1.165) is 6.42 Å². The Morgan fingerprint density at radius 1 is 1.08 bits per heavy atom. The molecule has 2 aromatic rings. The van der Waals surface area contributed by atoms with Crippen molar-refractivity contribution in [1.82, 2.24) is 5.32 Å². The summed E-state index contributed by atoms with van der Waals surface area (Å²) in [5, 5.41) is 11.9. The van der Waals surface area contributed by atoms with Gasteiger partial charge in [0, 0.05) is 5.56 Å². The average Bonchev–Trinajstić information content (AvgIpc) is 2.60. The summed E-state index contributed by atoms with van der Waals surface area (Å²) in [5.41, 5.74) is 0.906. The Kier molecular flexibility index (Phi) is 5.95. The summed E-state index contributed by atoms with van der Waals surface area (Å²) in [6.45, 7) is 4.00. The number of hydrogen-bond donors (Lipinski definition) is 2. The summed E-state index contributed by atoms with van der Waals surface area (Å²) in [4.78, 5) is 23.7. The number of carbonyl (C=O) groups is 2.